The van der Waals surface area contributed by atoms with Gasteiger partial charge in [-0.1, -0.05) is 66.2 Å². The summed E-state index contributed by atoms with van der Waals surface area (Å²) in [5, 5.41) is 4.24. The summed E-state index contributed by atoms with van der Waals surface area (Å²) in [4.78, 5) is 4.81. The van der Waals surface area contributed by atoms with E-state index >= 15 is 0 Å². The number of fused-ring (bicyclic) bond motifs is 3. The molecule has 1 atom stereocenters. The molecule has 0 spiro atoms. The van der Waals surface area contributed by atoms with Crippen molar-refractivity contribution < 1.29 is 0 Å². The Kier molecular flexibility index (Phi) is 3.54. The van der Waals surface area contributed by atoms with Gasteiger partial charge in [-0.25, -0.2) is 4.98 Å². The van der Waals surface area contributed by atoms with Gasteiger partial charge in [0.1, 0.15) is 0 Å². The third-order valence-electron chi connectivity index (χ3n) is 4.74. The van der Waals surface area contributed by atoms with E-state index in [4.69, 9.17) is 16.6 Å². The second-order valence-corrected chi connectivity index (χ2v) is 6.80. The number of anilines is 1. The molecule has 1 aliphatic rings. The Morgan fingerprint density at radius 2 is 1.58 bits per heavy atom. The third kappa shape index (κ3) is 2.49. The lowest BCUT2D eigenvalue weighted by molar-refractivity contribution is 0.720. The summed E-state index contributed by atoms with van der Waals surface area (Å²) in [6, 6.07) is 26.6. The van der Waals surface area contributed by atoms with E-state index in [0.29, 0.717) is 0 Å². The van der Waals surface area contributed by atoms with E-state index in [9.17, 15) is 0 Å². The first kappa shape index (κ1) is 15.2. The largest absolute Gasteiger partial charge is 0.325 e. The lowest BCUT2D eigenvalue weighted by atomic mass is 10.0. The zero-order valence-corrected chi connectivity index (χ0v) is 14.7. The molecule has 0 unspecified atom stereocenters. The molecule has 0 aliphatic carbocycles. The van der Waals surface area contributed by atoms with Crippen LogP contribution in [0.25, 0.3) is 16.7 Å². The van der Waals surface area contributed by atoms with Crippen molar-refractivity contribution in [2.24, 2.45) is 0 Å². The van der Waals surface area contributed by atoms with Crippen molar-refractivity contribution in [2.75, 3.05) is 5.32 Å². The van der Waals surface area contributed by atoms with E-state index in [-0.39, 0.29) is 6.04 Å². The van der Waals surface area contributed by atoms with Gasteiger partial charge in [0.25, 0.3) is 0 Å². The monoisotopic (exact) mass is 357 g/mol. The Morgan fingerprint density at radius 1 is 0.846 bits per heavy atom. The quantitative estimate of drug-likeness (QED) is 0.495. The second kappa shape index (κ2) is 6.04. The van der Waals surface area contributed by atoms with Gasteiger partial charge in [0.15, 0.2) is 0 Å². The average Bonchev–Trinajstić information content (AvgIpc) is 3.07. The molecule has 0 saturated heterocycles. The first-order valence-corrected chi connectivity index (χ1v) is 8.94. The van der Waals surface area contributed by atoms with Crippen LogP contribution in [0.3, 0.4) is 0 Å². The fourth-order valence-corrected chi connectivity index (χ4v) is 3.63. The minimum atomic E-state index is 0.0473. The smallest absolute Gasteiger partial charge is 0.209 e. The molecule has 26 heavy (non-hydrogen) atoms. The van der Waals surface area contributed by atoms with Gasteiger partial charge in [0.05, 0.1) is 17.1 Å². The van der Waals surface area contributed by atoms with Gasteiger partial charge in [0.2, 0.25) is 5.95 Å². The Bertz CT molecular complexity index is 1110. The normalized spacial score (nSPS) is 16.0. The first-order valence-electron chi connectivity index (χ1n) is 8.56. The highest BCUT2D eigenvalue weighted by molar-refractivity contribution is 6.30. The minimum Gasteiger partial charge on any atom is -0.325 e. The number of allylic oxidation sites excluding steroid dienone is 1. The summed E-state index contributed by atoms with van der Waals surface area (Å²) in [7, 11) is 0. The lowest BCUT2D eigenvalue weighted by Crippen LogP contribution is -2.19. The van der Waals surface area contributed by atoms with E-state index < -0.39 is 0 Å². The molecule has 0 amide bonds. The average molecular weight is 358 g/mol. The number of hydrogen-bond donors (Lipinski definition) is 1. The van der Waals surface area contributed by atoms with Crippen LogP contribution in [0.2, 0.25) is 5.02 Å². The number of hydrogen-bond acceptors (Lipinski definition) is 2. The summed E-state index contributed by atoms with van der Waals surface area (Å²) in [5.74, 6) is 0.854. The van der Waals surface area contributed by atoms with Crippen LogP contribution in [-0.2, 0) is 0 Å². The van der Waals surface area contributed by atoms with Crippen molar-refractivity contribution in [3.05, 3.63) is 101 Å². The van der Waals surface area contributed by atoms with Gasteiger partial charge in [-0.3, -0.25) is 4.57 Å². The van der Waals surface area contributed by atoms with Crippen LogP contribution in [0.5, 0.6) is 0 Å². The van der Waals surface area contributed by atoms with Crippen LogP contribution >= 0.6 is 11.6 Å². The Morgan fingerprint density at radius 3 is 2.38 bits per heavy atom. The maximum atomic E-state index is 6.10. The van der Waals surface area contributed by atoms with E-state index in [1.54, 1.807) is 0 Å². The Hall–Kier alpha value is -3.04. The summed E-state index contributed by atoms with van der Waals surface area (Å²) in [5.41, 5.74) is 5.47. The SMILES string of the molecule is Clc1ccc([C@@H]2C=C(c3ccccc3)Nc3nc4ccccc4n32)cc1. The fourth-order valence-electron chi connectivity index (χ4n) is 3.50. The molecule has 1 aliphatic heterocycles. The van der Waals surface area contributed by atoms with E-state index in [1.165, 1.54) is 5.56 Å². The van der Waals surface area contributed by atoms with Crippen LogP contribution in [0.15, 0.2) is 84.9 Å². The predicted octanol–water partition coefficient (Wildman–Crippen LogP) is 5.75. The van der Waals surface area contributed by atoms with Gasteiger partial charge in [-0.2, -0.15) is 0 Å². The van der Waals surface area contributed by atoms with Crippen molar-refractivity contribution in [3.8, 4) is 0 Å². The molecule has 0 saturated carbocycles. The minimum absolute atomic E-state index is 0.0473. The number of nitrogens with one attached hydrogen (secondary N) is 1. The van der Waals surface area contributed by atoms with E-state index in [1.807, 2.05) is 48.5 Å². The van der Waals surface area contributed by atoms with Gasteiger partial charge in [-0.15, -0.1) is 0 Å². The number of imidazole rings is 1. The predicted molar refractivity (Wildman–Crippen MR) is 107 cm³/mol. The van der Waals surface area contributed by atoms with Crippen molar-refractivity contribution in [1.82, 2.24) is 9.55 Å². The molecule has 1 aromatic heterocycles. The van der Waals surface area contributed by atoms with Crippen molar-refractivity contribution in [1.29, 1.82) is 0 Å². The topological polar surface area (TPSA) is 29.9 Å². The molecule has 0 bridgehead atoms. The Labute approximate surface area is 156 Å². The number of nitrogens with zero attached hydrogens (tertiary/aromatic N) is 2. The molecule has 2 heterocycles. The van der Waals surface area contributed by atoms with Crippen LogP contribution in [0.4, 0.5) is 5.95 Å². The molecule has 126 valence electrons. The number of benzene rings is 3. The number of para-hydroxylation sites is 2. The Balaban J connectivity index is 1.73. The standard InChI is InChI=1S/C22H16ClN3/c23-17-12-10-16(11-13-17)21-14-19(15-6-2-1-3-7-15)25-22-24-18-8-4-5-9-20(18)26(21)22/h1-14,21H,(H,24,25)/t21-/m0/s1. The number of rotatable bonds is 2. The molecular weight excluding hydrogens is 342 g/mol. The highest BCUT2D eigenvalue weighted by Crippen LogP contribution is 2.37. The van der Waals surface area contributed by atoms with Crippen LogP contribution in [0.1, 0.15) is 17.2 Å². The van der Waals surface area contributed by atoms with Gasteiger partial charge in [-0.05, 0) is 41.5 Å². The highest BCUT2D eigenvalue weighted by Gasteiger charge is 2.25. The molecule has 4 aromatic rings. The zero-order chi connectivity index (χ0) is 17.5. The summed E-state index contributed by atoms with van der Waals surface area (Å²) >= 11 is 6.10. The lowest BCUT2D eigenvalue weighted by Gasteiger charge is -2.26. The number of halogens is 1. The van der Waals surface area contributed by atoms with Gasteiger partial charge < -0.3 is 5.32 Å². The van der Waals surface area contributed by atoms with E-state index in [0.717, 1.165) is 33.3 Å². The van der Waals surface area contributed by atoms with Crippen LogP contribution in [-0.4, -0.2) is 9.55 Å². The van der Waals surface area contributed by atoms with Crippen molar-refractivity contribution >= 4 is 34.3 Å². The van der Waals surface area contributed by atoms with Crippen molar-refractivity contribution in [3.63, 3.8) is 0 Å². The van der Waals surface area contributed by atoms with Gasteiger partial charge in [0, 0.05) is 10.7 Å². The molecule has 5 rings (SSSR count). The molecule has 0 fully saturated rings. The first-order chi connectivity index (χ1) is 12.8. The highest BCUT2D eigenvalue weighted by atomic mass is 35.5. The van der Waals surface area contributed by atoms with Crippen molar-refractivity contribution in [2.45, 2.75) is 6.04 Å². The maximum absolute atomic E-state index is 6.10. The zero-order valence-electron chi connectivity index (χ0n) is 13.9. The summed E-state index contributed by atoms with van der Waals surface area (Å²) in [6.07, 6.45) is 2.25. The number of aromatic nitrogens is 2. The molecule has 1 N–H and O–H groups in total. The second-order valence-electron chi connectivity index (χ2n) is 6.36. The maximum Gasteiger partial charge on any atom is 0.209 e. The van der Waals surface area contributed by atoms with Crippen LogP contribution in [0, 0.1) is 0 Å². The molecule has 0 radical (unpaired) electrons. The molecule has 4 heteroatoms. The van der Waals surface area contributed by atoms with E-state index in [2.05, 4.69) is 46.3 Å². The summed E-state index contributed by atoms with van der Waals surface area (Å²) < 4.78 is 2.24. The molecule has 3 aromatic carbocycles. The summed E-state index contributed by atoms with van der Waals surface area (Å²) in [6.45, 7) is 0. The molecule has 3 nitrogen and oxygen atoms in total. The van der Waals surface area contributed by atoms with Crippen LogP contribution < -0.4 is 5.32 Å². The molecular formula is C22H16ClN3. The fraction of sp³-hybridized carbons (Fsp3) is 0.0455. The third-order valence-corrected chi connectivity index (χ3v) is 4.99. The van der Waals surface area contributed by atoms with Gasteiger partial charge >= 0.3 is 0 Å².